The maximum Gasteiger partial charge on any atom is 0.161 e. The van der Waals surface area contributed by atoms with Gasteiger partial charge in [-0.1, -0.05) is 22.0 Å². The van der Waals surface area contributed by atoms with Crippen LogP contribution in [0.5, 0.6) is 11.5 Å². The van der Waals surface area contributed by atoms with Crippen LogP contribution in [0, 0.1) is 11.3 Å². The van der Waals surface area contributed by atoms with E-state index in [2.05, 4.69) is 27.3 Å². The summed E-state index contributed by atoms with van der Waals surface area (Å²) in [4.78, 5) is 0. The fourth-order valence-electron chi connectivity index (χ4n) is 1.93. The van der Waals surface area contributed by atoms with E-state index in [0.717, 1.165) is 15.7 Å². The van der Waals surface area contributed by atoms with Crippen molar-refractivity contribution < 1.29 is 9.47 Å². The van der Waals surface area contributed by atoms with Crippen LogP contribution in [0.1, 0.15) is 11.1 Å². The summed E-state index contributed by atoms with van der Waals surface area (Å²) in [6, 6.07) is 13.3. The molecule has 0 aliphatic rings. The first-order valence-corrected chi connectivity index (χ1v) is 7.11. The van der Waals surface area contributed by atoms with Gasteiger partial charge in [-0.05, 0) is 35.9 Å². The Kier molecular flexibility index (Phi) is 5.07. The van der Waals surface area contributed by atoms with Crippen molar-refractivity contribution in [3.05, 3.63) is 52.0 Å². The Morgan fingerprint density at radius 3 is 2.52 bits per heavy atom. The summed E-state index contributed by atoms with van der Waals surface area (Å²) in [7, 11) is 3.22. The lowest BCUT2D eigenvalue weighted by atomic mass is 10.1. The summed E-state index contributed by atoms with van der Waals surface area (Å²) in [6.07, 6.45) is 0. The molecule has 2 aromatic carbocycles. The number of rotatable bonds is 5. The SMILES string of the molecule is COc1cc(Br)c(CNc2cccc(C#N)c2)cc1OC. The van der Waals surface area contributed by atoms with E-state index in [1.807, 2.05) is 30.3 Å². The highest BCUT2D eigenvalue weighted by Crippen LogP contribution is 2.33. The maximum absolute atomic E-state index is 8.90. The maximum atomic E-state index is 8.90. The third-order valence-electron chi connectivity index (χ3n) is 3.03. The van der Waals surface area contributed by atoms with Crippen LogP contribution in [0.3, 0.4) is 0 Å². The number of nitrogens with one attached hydrogen (secondary N) is 1. The largest absolute Gasteiger partial charge is 0.493 e. The zero-order chi connectivity index (χ0) is 15.2. The van der Waals surface area contributed by atoms with Crippen molar-refractivity contribution in [3.8, 4) is 17.6 Å². The molecule has 21 heavy (non-hydrogen) atoms. The molecule has 108 valence electrons. The standard InChI is InChI=1S/C16H15BrN2O2/c1-20-15-7-12(14(17)8-16(15)21-2)10-19-13-5-3-4-11(6-13)9-18/h3-8,19H,10H2,1-2H3. The quantitative estimate of drug-likeness (QED) is 0.890. The third-order valence-corrected chi connectivity index (χ3v) is 3.77. The van der Waals surface area contributed by atoms with Crippen LogP contribution < -0.4 is 14.8 Å². The number of ether oxygens (including phenoxy) is 2. The number of hydrogen-bond donors (Lipinski definition) is 1. The van der Waals surface area contributed by atoms with Crippen LogP contribution in [0.2, 0.25) is 0 Å². The Balaban J connectivity index is 2.18. The van der Waals surface area contributed by atoms with E-state index < -0.39 is 0 Å². The fraction of sp³-hybridized carbons (Fsp3) is 0.188. The lowest BCUT2D eigenvalue weighted by molar-refractivity contribution is 0.354. The average molecular weight is 347 g/mol. The van der Waals surface area contributed by atoms with Gasteiger partial charge in [0.2, 0.25) is 0 Å². The number of anilines is 1. The molecule has 0 aliphatic heterocycles. The monoisotopic (exact) mass is 346 g/mol. The van der Waals surface area contributed by atoms with Crippen LogP contribution in [-0.4, -0.2) is 14.2 Å². The molecule has 0 unspecified atom stereocenters. The second-order valence-corrected chi connectivity index (χ2v) is 5.20. The number of hydrogen-bond acceptors (Lipinski definition) is 4. The Bertz CT molecular complexity index is 680. The summed E-state index contributed by atoms with van der Waals surface area (Å²) in [5.41, 5.74) is 2.57. The number of nitriles is 1. The summed E-state index contributed by atoms with van der Waals surface area (Å²) < 4.78 is 11.5. The highest BCUT2D eigenvalue weighted by Gasteiger charge is 2.09. The minimum absolute atomic E-state index is 0.607. The molecule has 1 N–H and O–H groups in total. The Morgan fingerprint density at radius 2 is 1.86 bits per heavy atom. The van der Waals surface area contributed by atoms with Gasteiger partial charge in [-0.3, -0.25) is 0 Å². The lowest BCUT2D eigenvalue weighted by Crippen LogP contribution is -2.02. The summed E-state index contributed by atoms with van der Waals surface area (Å²) in [6.45, 7) is 0.607. The van der Waals surface area contributed by atoms with E-state index in [4.69, 9.17) is 14.7 Å². The number of benzene rings is 2. The highest BCUT2D eigenvalue weighted by molar-refractivity contribution is 9.10. The van der Waals surface area contributed by atoms with E-state index in [1.165, 1.54) is 0 Å². The third kappa shape index (κ3) is 3.67. The van der Waals surface area contributed by atoms with Gasteiger partial charge in [0.1, 0.15) is 0 Å². The molecule has 0 atom stereocenters. The van der Waals surface area contributed by atoms with Crippen LogP contribution in [0.25, 0.3) is 0 Å². The highest BCUT2D eigenvalue weighted by atomic mass is 79.9. The van der Waals surface area contributed by atoms with Crippen molar-refractivity contribution >= 4 is 21.6 Å². The lowest BCUT2D eigenvalue weighted by Gasteiger charge is -2.13. The normalized spacial score (nSPS) is 9.81. The van der Waals surface area contributed by atoms with Gasteiger partial charge in [0.15, 0.2) is 11.5 Å². The molecule has 0 saturated heterocycles. The smallest absolute Gasteiger partial charge is 0.161 e. The van der Waals surface area contributed by atoms with Crippen molar-refractivity contribution in [2.75, 3.05) is 19.5 Å². The van der Waals surface area contributed by atoms with Crippen molar-refractivity contribution in [2.45, 2.75) is 6.54 Å². The molecule has 0 bridgehead atoms. The predicted molar refractivity (Wildman–Crippen MR) is 85.7 cm³/mol. The first-order chi connectivity index (χ1) is 10.2. The van der Waals surface area contributed by atoms with Gasteiger partial charge < -0.3 is 14.8 Å². The molecule has 0 spiro atoms. The zero-order valence-electron chi connectivity index (χ0n) is 11.8. The molecular formula is C16H15BrN2O2. The van der Waals surface area contributed by atoms with E-state index in [0.29, 0.717) is 23.6 Å². The second kappa shape index (κ2) is 7.00. The Labute approximate surface area is 132 Å². The van der Waals surface area contributed by atoms with Gasteiger partial charge in [-0.2, -0.15) is 5.26 Å². The summed E-state index contributed by atoms with van der Waals surface area (Å²) >= 11 is 3.53. The van der Waals surface area contributed by atoms with Crippen LogP contribution in [0.15, 0.2) is 40.9 Å². The van der Waals surface area contributed by atoms with Crippen LogP contribution in [0.4, 0.5) is 5.69 Å². The topological polar surface area (TPSA) is 54.3 Å². The molecule has 2 rings (SSSR count). The van der Waals surface area contributed by atoms with Crippen molar-refractivity contribution in [2.24, 2.45) is 0 Å². The second-order valence-electron chi connectivity index (χ2n) is 4.34. The predicted octanol–water partition coefficient (Wildman–Crippen LogP) is 3.95. The van der Waals surface area contributed by atoms with Gasteiger partial charge in [-0.15, -0.1) is 0 Å². The van der Waals surface area contributed by atoms with Crippen molar-refractivity contribution in [3.63, 3.8) is 0 Å². The molecule has 5 heteroatoms. The summed E-state index contributed by atoms with van der Waals surface area (Å²) in [5, 5.41) is 12.2. The zero-order valence-corrected chi connectivity index (χ0v) is 13.4. The van der Waals surface area contributed by atoms with Crippen LogP contribution >= 0.6 is 15.9 Å². The van der Waals surface area contributed by atoms with Crippen molar-refractivity contribution in [1.82, 2.24) is 0 Å². The van der Waals surface area contributed by atoms with E-state index >= 15 is 0 Å². The van der Waals surface area contributed by atoms with E-state index in [1.54, 1.807) is 20.3 Å². The number of methoxy groups -OCH3 is 2. The van der Waals surface area contributed by atoms with Crippen LogP contribution in [-0.2, 0) is 6.54 Å². The minimum atomic E-state index is 0.607. The van der Waals surface area contributed by atoms with E-state index in [-0.39, 0.29) is 0 Å². The Hall–Kier alpha value is -2.19. The molecule has 0 saturated carbocycles. The molecule has 0 heterocycles. The molecule has 2 aromatic rings. The first kappa shape index (κ1) is 15.2. The van der Waals surface area contributed by atoms with Gasteiger partial charge >= 0.3 is 0 Å². The average Bonchev–Trinajstić information content (AvgIpc) is 2.53. The molecular weight excluding hydrogens is 332 g/mol. The van der Waals surface area contributed by atoms with Gasteiger partial charge in [0.25, 0.3) is 0 Å². The molecule has 0 aliphatic carbocycles. The van der Waals surface area contributed by atoms with Gasteiger partial charge in [0, 0.05) is 16.7 Å². The molecule has 4 nitrogen and oxygen atoms in total. The molecule has 0 aromatic heterocycles. The molecule has 0 amide bonds. The van der Waals surface area contributed by atoms with Gasteiger partial charge in [-0.25, -0.2) is 0 Å². The fourth-order valence-corrected chi connectivity index (χ4v) is 2.39. The first-order valence-electron chi connectivity index (χ1n) is 6.32. The molecule has 0 fully saturated rings. The summed E-state index contributed by atoms with van der Waals surface area (Å²) in [5.74, 6) is 1.36. The van der Waals surface area contributed by atoms with Gasteiger partial charge in [0.05, 0.1) is 25.9 Å². The number of halogens is 1. The van der Waals surface area contributed by atoms with E-state index in [9.17, 15) is 0 Å². The minimum Gasteiger partial charge on any atom is -0.493 e. The van der Waals surface area contributed by atoms with Crippen molar-refractivity contribution in [1.29, 1.82) is 5.26 Å². The number of nitrogens with zero attached hydrogens (tertiary/aromatic N) is 1. The Morgan fingerprint density at radius 1 is 1.14 bits per heavy atom. The molecule has 0 radical (unpaired) electrons.